The number of hydrogen-bond donors (Lipinski definition) is 3. The minimum absolute atomic E-state index is 0.117. The van der Waals surface area contributed by atoms with E-state index in [9.17, 15) is 14.7 Å². The molecule has 0 saturated heterocycles. The second-order valence-electron chi connectivity index (χ2n) is 7.33. The number of carbonyl (C=O) groups is 2. The van der Waals surface area contributed by atoms with E-state index in [0.717, 1.165) is 17.8 Å². The molecule has 0 radical (unpaired) electrons. The second-order valence-corrected chi connectivity index (χ2v) is 7.73. The first-order valence-corrected chi connectivity index (χ1v) is 10.3. The van der Waals surface area contributed by atoms with E-state index in [1.165, 1.54) is 31.8 Å². The molecule has 0 aromatic heterocycles. The van der Waals surface area contributed by atoms with Gasteiger partial charge in [0, 0.05) is 12.1 Å². The first-order chi connectivity index (χ1) is 14.0. The molecular formula is C23H25ClN2O3. The lowest BCUT2D eigenvalue weighted by atomic mass is 10.0. The molecule has 1 aliphatic rings. The second kappa shape index (κ2) is 10.1. The van der Waals surface area contributed by atoms with Crippen molar-refractivity contribution in [1.82, 2.24) is 5.32 Å². The van der Waals surface area contributed by atoms with Gasteiger partial charge in [-0.25, -0.2) is 4.79 Å². The third-order valence-corrected chi connectivity index (χ3v) is 5.46. The zero-order chi connectivity index (χ0) is 20.6. The highest BCUT2D eigenvalue weighted by molar-refractivity contribution is 6.33. The summed E-state index contributed by atoms with van der Waals surface area (Å²) in [4.78, 5) is 23.7. The van der Waals surface area contributed by atoms with E-state index < -0.39 is 5.97 Å². The molecule has 5 nitrogen and oxygen atoms in total. The van der Waals surface area contributed by atoms with Crippen LogP contribution in [-0.2, 0) is 9.59 Å². The lowest BCUT2D eigenvalue weighted by Crippen LogP contribution is -2.27. The van der Waals surface area contributed by atoms with Gasteiger partial charge in [0.05, 0.1) is 10.7 Å². The molecule has 0 unspecified atom stereocenters. The molecule has 0 atom stereocenters. The molecule has 1 saturated carbocycles. The summed E-state index contributed by atoms with van der Waals surface area (Å²) in [6.07, 6.45) is 7.45. The Morgan fingerprint density at radius 1 is 1.07 bits per heavy atom. The van der Waals surface area contributed by atoms with Crippen LogP contribution in [0.3, 0.4) is 0 Å². The molecule has 3 rings (SSSR count). The summed E-state index contributed by atoms with van der Waals surface area (Å²) in [5.74, 6) is -0.809. The number of carbonyl (C=O) groups excluding carboxylic acids is 1. The van der Waals surface area contributed by atoms with Crippen molar-refractivity contribution >= 4 is 40.9 Å². The van der Waals surface area contributed by atoms with Crippen LogP contribution in [-0.4, -0.2) is 17.0 Å². The van der Waals surface area contributed by atoms with E-state index in [-0.39, 0.29) is 11.6 Å². The van der Waals surface area contributed by atoms with E-state index in [1.807, 2.05) is 30.3 Å². The van der Waals surface area contributed by atoms with Crippen molar-refractivity contribution in [2.24, 2.45) is 5.92 Å². The number of para-hydroxylation sites is 1. The van der Waals surface area contributed by atoms with Crippen molar-refractivity contribution in [2.75, 3.05) is 5.32 Å². The SMILES string of the molecule is O=C(CCC1CCCC1)N/C(=C/c1ccc(Nc2ccccc2Cl)cc1)C(=O)O. The van der Waals surface area contributed by atoms with Gasteiger partial charge in [-0.05, 0) is 48.2 Å². The number of aliphatic carboxylic acids is 1. The fraction of sp³-hybridized carbons (Fsp3) is 0.304. The molecule has 0 heterocycles. The Morgan fingerprint density at radius 2 is 1.76 bits per heavy atom. The fourth-order valence-electron chi connectivity index (χ4n) is 3.55. The van der Waals surface area contributed by atoms with Crippen LogP contribution in [0.1, 0.15) is 44.1 Å². The van der Waals surface area contributed by atoms with E-state index in [4.69, 9.17) is 11.6 Å². The third-order valence-electron chi connectivity index (χ3n) is 5.13. The van der Waals surface area contributed by atoms with Gasteiger partial charge in [0.1, 0.15) is 5.70 Å². The number of carboxylic acids is 1. The highest BCUT2D eigenvalue weighted by atomic mass is 35.5. The number of nitrogens with one attached hydrogen (secondary N) is 2. The molecule has 6 heteroatoms. The number of benzene rings is 2. The maximum Gasteiger partial charge on any atom is 0.352 e. The largest absolute Gasteiger partial charge is 0.477 e. The average molecular weight is 413 g/mol. The predicted octanol–water partition coefficient (Wildman–Crippen LogP) is 5.60. The van der Waals surface area contributed by atoms with Gasteiger partial charge in [-0.15, -0.1) is 0 Å². The molecule has 0 bridgehead atoms. The molecule has 1 amide bonds. The highest BCUT2D eigenvalue weighted by Gasteiger charge is 2.17. The summed E-state index contributed by atoms with van der Waals surface area (Å²) >= 11 is 6.15. The van der Waals surface area contributed by atoms with Crippen LogP contribution in [0.15, 0.2) is 54.2 Å². The van der Waals surface area contributed by atoms with Crippen molar-refractivity contribution in [3.63, 3.8) is 0 Å². The first kappa shape index (κ1) is 20.9. The van der Waals surface area contributed by atoms with E-state index in [1.54, 1.807) is 18.2 Å². The van der Waals surface area contributed by atoms with Crippen molar-refractivity contribution in [3.05, 3.63) is 64.8 Å². The van der Waals surface area contributed by atoms with Gasteiger partial charge in [-0.1, -0.05) is 61.5 Å². The van der Waals surface area contributed by atoms with Crippen LogP contribution >= 0.6 is 11.6 Å². The Morgan fingerprint density at radius 3 is 2.41 bits per heavy atom. The number of carboxylic acid groups (broad SMARTS) is 1. The van der Waals surface area contributed by atoms with E-state index in [0.29, 0.717) is 22.9 Å². The van der Waals surface area contributed by atoms with Gasteiger partial charge < -0.3 is 15.7 Å². The van der Waals surface area contributed by atoms with Crippen LogP contribution in [0.4, 0.5) is 11.4 Å². The molecule has 1 fully saturated rings. The smallest absolute Gasteiger partial charge is 0.352 e. The summed E-state index contributed by atoms with van der Waals surface area (Å²) in [7, 11) is 0. The summed E-state index contributed by atoms with van der Waals surface area (Å²) in [6.45, 7) is 0. The van der Waals surface area contributed by atoms with Crippen molar-refractivity contribution in [3.8, 4) is 0 Å². The average Bonchev–Trinajstić information content (AvgIpc) is 3.23. The topological polar surface area (TPSA) is 78.4 Å². The van der Waals surface area contributed by atoms with Crippen LogP contribution < -0.4 is 10.6 Å². The minimum atomic E-state index is -1.16. The number of amides is 1. The molecule has 152 valence electrons. The molecule has 3 N–H and O–H groups in total. The van der Waals surface area contributed by atoms with Crippen LogP contribution in [0.5, 0.6) is 0 Å². The third kappa shape index (κ3) is 6.36. The highest BCUT2D eigenvalue weighted by Crippen LogP contribution is 2.28. The molecule has 0 aliphatic heterocycles. The van der Waals surface area contributed by atoms with Crippen LogP contribution in [0.2, 0.25) is 5.02 Å². The van der Waals surface area contributed by atoms with Crippen LogP contribution in [0.25, 0.3) is 6.08 Å². The molecule has 2 aromatic carbocycles. The van der Waals surface area contributed by atoms with E-state index in [2.05, 4.69) is 10.6 Å². The Labute approximate surface area is 175 Å². The minimum Gasteiger partial charge on any atom is -0.477 e. The Hall–Kier alpha value is -2.79. The van der Waals surface area contributed by atoms with Crippen molar-refractivity contribution in [1.29, 1.82) is 0 Å². The molecule has 29 heavy (non-hydrogen) atoms. The Kier molecular flexibility index (Phi) is 7.30. The lowest BCUT2D eigenvalue weighted by Gasteiger charge is -2.10. The first-order valence-electron chi connectivity index (χ1n) is 9.88. The van der Waals surface area contributed by atoms with E-state index >= 15 is 0 Å². The van der Waals surface area contributed by atoms with Crippen molar-refractivity contribution < 1.29 is 14.7 Å². The summed E-state index contributed by atoms with van der Waals surface area (Å²) < 4.78 is 0. The summed E-state index contributed by atoms with van der Waals surface area (Å²) in [5, 5.41) is 15.8. The quantitative estimate of drug-likeness (QED) is 0.493. The normalized spacial score (nSPS) is 14.6. The molecule has 2 aromatic rings. The lowest BCUT2D eigenvalue weighted by molar-refractivity contribution is -0.134. The molecular weight excluding hydrogens is 388 g/mol. The van der Waals surface area contributed by atoms with Crippen LogP contribution in [0, 0.1) is 5.92 Å². The fourth-order valence-corrected chi connectivity index (χ4v) is 3.73. The Bertz CT molecular complexity index is 887. The zero-order valence-electron chi connectivity index (χ0n) is 16.2. The Balaban J connectivity index is 1.61. The standard InChI is InChI=1S/C23H25ClN2O3/c24-19-7-3-4-8-20(19)25-18-12-9-17(10-13-18)15-21(23(28)29)26-22(27)14-11-16-5-1-2-6-16/h3-4,7-10,12-13,15-16,25H,1-2,5-6,11,14H2,(H,26,27)(H,28,29)/b21-15+. The maximum absolute atomic E-state index is 12.2. The summed E-state index contributed by atoms with van der Waals surface area (Å²) in [5.41, 5.74) is 2.18. The maximum atomic E-state index is 12.2. The van der Waals surface area contributed by atoms with Gasteiger partial charge in [-0.3, -0.25) is 4.79 Å². The van der Waals surface area contributed by atoms with Gasteiger partial charge in [0.15, 0.2) is 0 Å². The molecule has 0 spiro atoms. The van der Waals surface area contributed by atoms with Gasteiger partial charge in [0.25, 0.3) is 0 Å². The predicted molar refractivity (Wildman–Crippen MR) is 116 cm³/mol. The van der Waals surface area contributed by atoms with Crippen molar-refractivity contribution in [2.45, 2.75) is 38.5 Å². The van der Waals surface area contributed by atoms with Gasteiger partial charge in [-0.2, -0.15) is 0 Å². The number of anilines is 2. The number of hydrogen-bond acceptors (Lipinski definition) is 3. The monoisotopic (exact) mass is 412 g/mol. The molecule has 1 aliphatic carbocycles. The summed E-state index contributed by atoms with van der Waals surface area (Å²) in [6, 6.07) is 14.7. The van der Waals surface area contributed by atoms with Gasteiger partial charge in [0.2, 0.25) is 5.91 Å². The zero-order valence-corrected chi connectivity index (χ0v) is 16.9. The number of rotatable bonds is 8. The van der Waals surface area contributed by atoms with Gasteiger partial charge >= 0.3 is 5.97 Å². The number of halogens is 1.